The summed E-state index contributed by atoms with van der Waals surface area (Å²) in [7, 11) is 0. The van der Waals surface area contributed by atoms with E-state index in [4.69, 9.17) is 4.74 Å². The summed E-state index contributed by atoms with van der Waals surface area (Å²) < 4.78 is 33.9. The molecule has 0 aliphatic carbocycles. The van der Waals surface area contributed by atoms with Crippen molar-refractivity contribution in [2.75, 3.05) is 19.7 Å². The fourth-order valence-electron chi connectivity index (χ4n) is 2.83. The van der Waals surface area contributed by atoms with Crippen LogP contribution in [0.3, 0.4) is 0 Å². The Kier molecular flexibility index (Phi) is 7.77. The normalized spacial score (nSPS) is 11.4. The zero-order chi connectivity index (χ0) is 21.2. The average Bonchev–Trinajstić information content (AvgIpc) is 3.18. The van der Waals surface area contributed by atoms with Gasteiger partial charge in [0.2, 0.25) is 0 Å². The van der Waals surface area contributed by atoms with E-state index in [0.717, 1.165) is 24.5 Å². The zero-order valence-corrected chi connectivity index (χ0v) is 16.8. The molecule has 0 saturated carbocycles. The van der Waals surface area contributed by atoms with E-state index >= 15 is 0 Å². The van der Waals surface area contributed by atoms with Crippen LogP contribution in [0.1, 0.15) is 18.3 Å². The molecule has 1 heterocycles. The third-order valence-corrected chi connectivity index (χ3v) is 4.27. The van der Waals surface area contributed by atoms with Crippen LogP contribution in [0.4, 0.5) is 8.78 Å². The minimum absolute atomic E-state index is 0.0167. The van der Waals surface area contributed by atoms with Crippen LogP contribution in [-0.4, -0.2) is 35.2 Å². The van der Waals surface area contributed by atoms with Crippen molar-refractivity contribution < 1.29 is 13.5 Å². The Hall–Kier alpha value is -3.42. The maximum atomic E-state index is 13.6. The summed E-state index contributed by atoms with van der Waals surface area (Å²) in [6.45, 7) is 4.40. The van der Waals surface area contributed by atoms with E-state index in [1.807, 2.05) is 31.3 Å². The van der Waals surface area contributed by atoms with Gasteiger partial charge in [-0.1, -0.05) is 30.3 Å². The molecule has 0 bridgehead atoms. The number of guanidine groups is 1. The Labute approximate surface area is 174 Å². The van der Waals surface area contributed by atoms with Crippen LogP contribution in [0.2, 0.25) is 0 Å². The lowest BCUT2D eigenvalue weighted by Gasteiger charge is -2.13. The van der Waals surface area contributed by atoms with Crippen molar-refractivity contribution in [1.82, 2.24) is 20.2 Å². The molecular weight excluding hydrogens is 388 g/mol. The zero-order valence-electron chi connectivity index (χ0n) is 16.8. The first-order valence-corrected chi connectivity index (χ1v) is 9.79. The highest BCUT2D eigenvalue weighted by molar-refractivity contribution is 5.79. The largest absolute Gasteiger partial charge is 0.489 e. The second-order valence-corrected chi connectivity index (χ2v) is 6.50. The predicted molar refractivity (Wildman–Crippen MR) is 112 cm³/mol. The fraction of sp³-hybridized carbons (Fsp3) is 0.273. The number of hydrogen-bond acceptors (Lipinski definition) is 3. The molecule has 3 aromatic rings. The number of halogens is 2. The third-order valence-electron chi connectivity index (χ3n) is 4.27. The SMILES string of the molecule is CCNC(=NCc1nccn1Cc1ccccc1)NCCOc1ccc(F)cc1F. The summed E-state index contributed by atoms with van der Waals surface area (Å²) in [5.41, 5.74) is 1.19. The molecule has 0 atom stereocenters. The molecule has 0 aliphatic heterocycles. The number of ether oxygens (including phenoxy) is 1. The number of nitrogens with one attached hydrogen (secondary N) is 2. The molecule has 0 amide bonds. The number of rotatable bonds is 9. The highest BCUT2D eigenvalue weighted by Crippen LogP contribution is 2.17. The van der Waals surface area contributed by atoms with Crippen LogP contribution in [-0.2, 0) is 13.1 Å². The van der Waals surface area contributed by atoms with Gasteiger partial charge in [0.15, 0.2) is 17.5 Å². The average molecular weight is 413 g/mol. The van der Waals surface area contributed by atoms with Gasteiger partial charge in [-0.25, -0.2) is 18.8 Å². The fourth-order valence-corrected chi connectivity index (χ4v) is 2.83. The van der Waals surface area contributed by atoms with E-state index < -0.39 is 11.6 Å². The van der Waals surface area contributed by atoms with Gasteiger partial charge in [0.05, 0.1) is 6.54 Å². The van der Waals surface area contributed by atoms with Crippen molar-refractivity contribution in [1.29, 1.82) is 0 Å². The molecule has 0 spiro atoms. The van der Waals surface area contributed by atoms with Crippen LogP contribution in [0, 0.1) is 11.6 Å². The van der Waals surface area contributed by atoms with Gasteiger partial charge in [0.1, 0.15) is 24.8 Å². The van der Waals surface area contributed by atoms with Gasteiger partial charge in [-0.2, -0.15) is 0 Å². The Morgan fingerprint density at radius 2 is 1.97 bits per heavy atom. The number of benzene rings is 2. The van der Waals surface area contributed by atoms with Gasteiger partial charge in [-0.15, -0.1) is 0 Å². The molecule has 0 saturated heterocycles. The van der Waals surface area contributed by atoms with E-state index in [0.29, 0.717) is 25.6 Å². The molecule has 0 fully saturated rings. The van der Waals surface area contributed by atoms with E-state index in [2.05, 4.69) is 37.3 Å². The van der Waals surface area contributed by atoms with Crippen LogP contribution in [0.15, 0.2) is 65.9 Å². The minimum atomic E-state index is -0.721. The van der Waals surface area contributed by atoms with Gasteiger partial charge < -0.3 is 19.9 Å². The summed E-state index contributed by atoms with van der Waals surface area (Å²) in [4.78, 5) is 8.96. The summed E-state index contributed by atoms with van der Waals surface area (Å²) >= 11 is 0. The van der Waals surface area contributed by atoms with Crippen molar-refractivity contribution in [3.05, 3.63) is 83.9 Å². The van der Waals surface area contributed by atoms with Crippen LogP contribution in [0.25, 0.3) is 0 Å². The Morgan fingerprint density at radius 3 is 2.73 bits per heavy atom. The maximum Gasteiger partial charge on any atom is 0.191 e. The van der Waals surface area contributed by atoms with Gasteiger partial charge >= 0.3 is 0 Å². The molecule has 3 rings (SSSR count). The standard InChI is InChI=1S/C22H25F2N5O/c1-2-25-22(27-11-13-30-20-9-8-18(23)14-19(20)24)28-15-21-26-10-12-29(21)16-17-6-4-3-5-7-17/h3-10,12,14H,2,11,13,15-16H2,1H3,(H2,25,27,28). The first-order valence-electron chi connectivity index (χ1n) is 9.79. The summed E-state index contributed by atoms with van der Waals surface area (Å²) in [6.07, 6.45) is 3.70. The van der Waals surface area contributed by atoms with Gasteiger partial charge in [0.25, 0.3) is 0 Å². The first kappa shape index (κ1) is 21.3. The second kappa shape index (κ2) is 10.9. The van der Waals surface area contributed by atoms with Crippen molar-refractivity contribution >= 4 is 5.96 Å². The monoisotopic (exact) mass is 413 g/mol. The first-order chi connectivity index (χ1) is 14.7. The predicted octanol–water partition coefficient (Wildman–Crippen LogP) is 3.34. The van der Waals surface area contributed by atoms with E-state index in [9.17, 15) is 8.78 Å². The lowest BCUT2D eigenvalue weighted by Crippen LogP contribution is -2.39. The molecule has 0 unspecified atom stereocenters. The summed E-state index contributed by atoms with van der Waals surface area (Å²) in [5, 5.41) is 6.29. The minimum Gasteiger partial charge on any atom is -0.489 e. The highest BCUT2D eigenvalue weighted by Gasteiger charge is 2.06. The van der Waals surface area contributed by atoms with Crippen molar-refractivity contribution in [2.24, 2.45) is 4.99 Å². The van der Waals surface area contributed by atoms with Crippen molar-refractivity contribution in [2.45, 2.75) is 20.0 Å². The van der Waals surface area contributed by atoms with Gasteiger partial charge in [-0.05, 0) is 24.6 Å². The Balaban J connectivity index is 1.53. The Morgan fingerprint density at radius 1 is 1.13 bits per heavy atom. The lowest BCUT2D eigenvalue weighted by molar-refractivity contribution is 0.304. The Bertz CT molecular complexity index is 959. The third kappa shape index (κ3) is 6.30. The molecule has 8 heteroatoms. The van der Waals surface area contributed by atoms with E-state index in [-0.39, 0.29) is 12.4 Å². The number of hydrogen-bond donors (Lipinski definition) is 2. The van der Waals surface area contributed by atoms with E-state index in [1.165, 1.54) is 11.6 Å². The van der Waals surface area contributed by atoms with Crippen LogP contribution < -0.4 is 15.4 Å². The van der Waals surface area contributed by atoms with E-state index in [1.54, 1.807) is 6.20 Å². The van der Waals surface area contributed by atoms with Crippen molar-refractivity contribution in [3.63, 3.8) is 0 Å². The number of aliphatic imine (C=N–C) groups is 1. The highest BCUT2D eigenvalue weighted by atomic mass is 19.1. The summed E-state index contributed by atoms with van der Waals surface area (Å²) in [5.74, 6) is 0.115. The lowest BCUT2D eigenvalue weighted by atomic mass is 10.2. The molecular formula is C22H25F2N5O. The van der Waals surface area contributed by atoms with Crippen LogP contribution >= 0.6 is 0 Å². The number of nitrogens with zero attached hydrogens (tertiary/aromatic N) is 3. The molecule has 30 heavy (non-hydrogen) atoms. The maximum absolute atomic E-state index is 13.6. The molecule has 0 radical (unpaired) electrons. The topological polar surface area (TPSA) is 63.5 Å². The summed E-state index contributed by atoms with van der Waals surface area (Å²) in [6, 6.07) is 13.4. The molecule has 0 aliphatic rings. The molecule has 1 aromatic heterocycles. The van der Waals surface area contributed by atoms with Crippen LogP contribution in [0.5, 0.6) is 5.75 Å². The molecule has 158 valence electrons. The quantitative estimate of drug-likeness (QED) is 0.321. The van der Waals surface area contributed by atoms with Gasteiger partial charge in [-0.3, -0.25) is 0 Å². The molecule has 6 nitrogen and oxygen atoms in total. The van der Waals surface area contributed by atoms with Crippen molar-refractivity contribution in [3.8, 4) is 5.75 Å². The number of aromatic nitrogens is 2. The smallest absolute Gasteiger partial charge is 0.191 e. The molecule has 2 N–H and O–H groups in total. The van der Waals surface area contributed by atoms with Gasteiger partial charge in [0, 0.05) is 31.5 Å². The number of imidazole rings is 1. The second-order valence-electron chi connectivity index (χ2n) is 6.50. The molecule has 2 aromatic carbocycles.